The molecule has 1 aliphatic heterocycles. The molecule has 5 rings (SSSR count). The summed E-state index contributed by atoms with van der Waals surface area (Å²) < 4.78 is 21.6. The van der Waals surface area contributed by atoms with E-state index in [0.717, 1.165) is 42.2 Å². The fourth-order valence-corrected chi connectivity index (χ4v) is 4.46. The monoisotopic (exact) mass is 533 g/mol. The summed E-state index contributed by atoms with van der Waals surface area (Å²) in [5.41, 5.74) is 0.996. The molecule has 2 N–H and O–H groups in total. The first-order valence-electron chi connectivity index (χ1n) is 13.1. The van der Waals surface area contributed by atoms with E-state index < -0.39 is 23.9 Å². The van der Waals surface area contributed by atoms with Crippen molar-refractivity contribution in [1.29, 1.82) is 0 Å². The first-order valence-corrected chi connectivity index (χ1v) is 13.1. The Balaban J connectivity index is 1.16. The number of rotatable bonds is 12. The summed E-state index contributed by atoms with van der Waals surface area (Å²) in [6.07, 6.45) is 5.54. The SMILES string of the molecule is O=C1C=C(O)OC(CCCCCOc2ccccc2CN(C(=O)c2ccc(-c3ccco3)cc2)C2(O)CC2)O1. The van der Waals surface area contributed by atoms with Crippen LogP contribution in [0.3, 0.4) is 0 Å². The number of furan rings is 1. The Bertz CT molecular complexity index is 1310. The lowest BCUT2D eigenvalue weighted by Gasteiger charge is -2.29. The number of ether oxygens (including phenoxy) is 3. The van der Waals surface area contributed by atoms with Crippen molar-refractivity contribution < 1.29 is 38.4 Å². The Kier molecular flexibility index (Phi) is 7.88. The molecule has 204 valence electrons. The lowest BCUT2D eigenvalue weighted by Crippen LogP contribution is -2.41. The molecule has 0 radical (unpaired) electrons. The van der Waals surface area contributed by atoms with Crippen molar-refractivity contribution in [3.05, 3.63) is 90.1 Å². The van der Waals surface area contributed by atoms with E-state index in [1.54, 1.807) is 18.4 Å². The maximum Gasteiger partial charge on any atom is 0.341 e. The Morgan fingerprint density at radius 2 is 1.79 bits per heavy atom. The number of benzene rings is 2. The van der Waals surface area contributed by atoms with E-state index in [1.807, 2.05) is 48.5 Å². The van der Waals surface area contributed by atoms with Crippen molar-refractivity contribution in [1.82, 2.24) is 4.90 Å². The third kappa shape index (κ3) is 6.61. The second kappa shape index (κ2) is 11.7. The van der Waals surface area contributed by atoms with Crippen molar-refractivity contribution in [2.75, 3.05) is 6.61 Å². The molecule has 9 nitrogen and oxygen atoms in total. The van der Waals surface area contributed by atoms with Gasteiger partial charge in [0.25, 0.3) is 11.9 Å². The fourth-order valence-electron chi connectivity index (χ4n) is 4.46. The van der Waals surface area contributed by atoms with Crippen LogP contribution >= 0.6 is 0 Å². The summed E-state index contributed by atoms with van der Waals surface area (Å²) in [5, 5.41) is 20.4. The van der Waals surface area contributed by atoms with Gasteiger partial charge in [-0.15, -0.1) is 0 Å². The van der Waals surface area contributed by atoms with E-state index in [2.05, 4.69) is 0 Å². The van der Waals surface area contributed by atoms with Gasteiger partial charge >= 0.3 is 5.97 Å². The van der Waals surface area contributed by atoms with Crippen molar-refractivity contribution in [3.8, 4) is 17.1 Å². The van der Waals surface area contributed by atoms with Crippen LogP contribution in [0.15, 0.2) is 83.4 Å². The van der Waals surface area contributed by atoms with Crippen LogP contribution in [0.1, 0.15) is 54.4 Å². The lowest BCUT2D eigenvalue weighted by molar-refractivity contribution is -0.183. The van der Waals surface area contributed by atoms with E-state index in [9.17, 15) is 19.8 Å². The molecular weight excluding hydrogens is 502 g/mol. The first-order chi connectivity index (χ1) is 18.9. The Hall–Kier alpha value is -4.24. The van der Waals surface area contributed by atoms with Crippen LogP contribution in [0.5, 0.6) is 5.75 Å². The summed E-state index contributed by atoms with van der Waals surface area (Å²) in [5.74, 6) is 0.0954. The molecule has 1 atom stereocenters. The van der Waals surface area contributed by atoms with Crippen LogP contribution in [-0.4, -0.2) is 45.6 Å². The molecule has 1 saturated carbocycles. The van der Waals surface area contributed by atoms with Crippen LogP contribution in [0.4, 0.5) is 0 Å². The number of carbonyl (C=O) groups excluding carboxylic acids is 2. The molecule has 0 bridgehead atoms. The topological polar surface area (TPSA) is 119 Å². The summed E-state index contributed by atoms with van der Waals surface area (Å²) in [7, 11) is 0. The van der Waals surface area contributed by atoms with Gasteiger partial charge in [-0.05, 0) is 62.4 Å². The van der Waals surface area contributed by atoms with Crippen LogP contribution < -0.4 is 4.74 Å². The zero-order chi connectivity index (χ0) is 27.2. The van der Waals surface area contributed by atoms with Gasteiger partial charge in [-0.3, -0.25) is 4.79 Å². The second-order valence-corrected chi connectivity index (χ2v) is 9.70. The number of para-hydroxylation sites is 1. The van der Waals surface area contributed by atoms with E-state index in [-0.39, 0.29) is 12.5 Å². The maximum absolute atomic E-state index is 13.5. The minimum atomic E-state index is -1.17. The Morgan fingerprint density at radius 1 is 1.00 bits per heavy atom. The number of aliphatic hydroxyl groups is 2. The van der Waals surface area contributed by atoms with Crippen molar-refractivity contribution >= 4 is 11.9 Å². The van der Waals surface area contributed by atoms with Crippen LogP contribution in [0.25, 0.3) is 11.3 Å². The van der Waals surface area contributed by atoms with Gasteiger partial charge < -0.3 is 33.7 Å². The smallest absolute Gasteiger partial charge is 0.341 e. The highest BCUT2D eigenvalue weighted by atomic mass is 16.7. The minimum Gasteiger partial charge on any atom is -0.493 e. The normalized spacial score (nSPS) is 17.5. The highest BCUT2D eigenvalue weighted by molar-refractivity contribution is 5.95. The highest BCUT2D eigenvalue weighted by Crippen LogP contribution is 2.41. The third-order valence-corrected chi connectivity index (χ3v) is 6.77. The number of unbranched alkanes of at least 4 members (excludes halogenated alkanes) is 2. The van der Waals surface area contributed by atoms with Gasteiger partial charge in [-0.25, -0.2) is 4.79 Å². The summed E-state index contributed by atoms with van der Waals surface area (Å²) >= 11 is 0. The van der Waals surface area contributed by atoms with E-state index in [1.165, 1.54) is 4.90 Å². The molecule has 1 aromatic heterocycles. The van der Waals surface area contributed by atoms with Crippen molar-refractivity contribution in [2.45, 2.75) is 57.1 Å². The molecule has 39 heavy (non-hydrogen) atoms. The molecule has 2 aromatic carbocycles. The van der Waals surface area contributed by atoms with Gasteiger partial charge in [0.05, 0.1) is 19.4 Å². The number of cyclic esters (lactones) is 1. The van der Waals surface area contributed by atoms with Crippen LogP contribution in [0, 0.1) is 0 Å². The average Bonchev–Trinajstić information content (AvgIpc) is 3.43. The lowest BCUT2D eigenvalue weighted by atomic mass is 10.1. The Morgan fingerprint density at radius 3 is 2.51 bits per heavy atom. The van der Waals surface area contributed by atoms with Crippen molar-refractivity contribution in [2.24, 2.45) is 0 Å². The molecule has 2 heterocycles. The molecule has 3 aromatic rings. The predicted octanol–water partition coefficient (Wildman–Crippen LogP) is 5.31. The first kappa shape index (κ1) is 26.4. The van der Waals surface area contributed by atoms with E-state index in [0.29, 0.717) is 37.2 Å². The third-order valence-electron chi connectivity index (χ3n) is 6.77. The van der Waals surface area contributed by atoms with Gasteiger partial charge in [0.2, 0.25) is 6.29 Å². The average molecular weight is 534 g/mol. The maximum atomic E-state index is 13.5. The summed E-state index contributed by atoms with van der Waals surface area (Å²) in [6, 6.07) is 18.4. The molecule has 1 aliphatic carbocycles. The number of carbonyl (C=O) groups is 2. The molecule has 2 aliphatic rings. The zero-order valence-electron chi connectivity index (χ0n) is 21.5. The molecule has 1 unspecified atom stereocenters. The van der Waals surface area contributed by atoms with Gasteiger partial charge in [0.1, 0.15) is 23.3 Å². The Labute approximate surface area is 226 Å². The number of nitrogens with zero attached hydrogens (tertiary/aromatic N) is 1. The zero-order valence-corrected chi connectivity index (χ0v) is 21.5. The molecular formula is C30H31NO8. The second-order valence-electron chi connectivity index (χ2n) is 9.70. The highest BCUT2D eigenvalue weighted by Gasteiger charge is 2.49. The molecule has 1 amide bonds. The summed E-state index contributed by atoms with van der Waals surface area (Å²) in [6.45, 7) is 0.673. The van der Waals surface area contributed by atoms with E-state index in [4.69, 9.17) is 18.6 Å². The summed E-state index contributed by atoms with van der Waals surface area (Å²) in [4.78, 5) is 26.3. The van der Waals surface area contributed by atoms with Crippen LogP contribution in [-0.2, 0) is 20.8 Å². The van der Waals surface area contributed by atoms with Gasteiger partial charge in [-0.1, -0.05) is 30.3 Å². The van der Waals surface area contributed by atoms with Gasteiger partial charge in [0, 0.05) is 23.1 Å². The fraction of sp³-hybridized carbons (Fsp3) is 0.333. The quantitative estimate of drug-likeness (QED) is 0.183. The molecule has 9 heteroatoms. The molecule has 0 saturated heterocycles. The largest absolute Gasteiger partial charge is 0.493 e. The number of amides is 1. The van der Waals surface area contributed by atoms with E-state index >= 15 is 0 Å². The van der Waals surface area contributed by atoms with Gasteiger partial charge in [-0.2, -0.15) is 0 Å². The van der Waals surface area contributed by atoms with Gasteiger partial charge in [0.15, 0.2) is 0 Å². The standard InChI is InChI=1S/C30H31NO8/c32-26-19-27(33)39-28(38-26)10-2-1-5-17-36-25-8-4-3-7-23(25)20-31(30(35)15-16-30)29(34)22-13-11-21(12-14-22)24-9-6-18-37-24/h3-4,6-9,11-14,18-19,28,32,35H,1-2,5,10,15-17,20H2. The number of hydrogen-bond acceptors (Lipinski definition) is 8. The predicted molar refractivity (Wildman–Crippen MR) is 140 cm³/mol. The van der Waals surface area contributed by atoms with Crippen LogP contribution in [0.2, 0.25) is 0 Å². The minimum absolute atomic E-state index is 0.215. The number of aliphatic hydroxyl groups excluding tert-OH is 1. The molecule has 1 fully saturated rings. The van der Waals surface area contributed by atoms with Crippen molar-refractivity contribution in [3.63, 3.8) is 0 Å². The number of hydrogen-bond donors (Lipinski definition) is 2. The molecule has 0 spiro atoms. The number of esters is 1.